The Hall–Kier alpha value is -1.99. The zero-order valence-corrected chi connectivity index (χ0v) is 11.9. The fourth-order valence-corrected chi connectivity index (χ4v) is 2.21. The summed E-state index contributed by atoms with van der Waals surface area (Å²) in [5, 5.41) is 8.94. The third kappa shape index (κ3) is 4.51. The van der Waals surface area contributed by atoms with Crippen LogP contribution in [0, 0.1) is 0 Å². The standard InChI is InChI=1S/C14H19N3O4/c1-16(8-11-2-4-15-5-3-11)10-13(18)17-6-7-21-12(9-17)14(19)20/h2-5,12H,6-10H2,1H3,(H,19,20). The van der Waals surface area contributed by atoms with Crippen LogP contribution in [0.4, 0.5) is 0 Å². The van der Waals surface area contributed by atoms with Gasteiger partial charge >= 0.3 is 5.97 Å². The van der Waals surface area contributed by atoms with E-state index in [4.69, 9.17) is 9.84 Å². The molecule has 0 saturated carbocycles. The van der Waals surface area contributed by atoms with Gasteiger partial charge in [-0.15, -0.1) is 0 Å². The number of pyridine rings is 1. The first-order chi connectivity index (χ1) is 10.1. The van der Waals surface area contributed by atoms with E-state index in [1.165, 1.54) is 0 Å². The molecule has 7 heteroatoms. The first-order valence-electron chi connectivity index (χ1n) is 6.76. The van der Waals surface area contributed by atoms with Gasteiger partial charge in [0.15, 0.2) is 6.10 Å². The fraction of sp³-hybridized carbons (Fsp3) is 0.500. The molecule has 0 aromatic carbocycles. The van der Waals surface area contributed by atoms with Crippen molar-refractivity contribution in [3.8, 4) is 0 Å². The lowest BCUT2D eigenvalue weighted by Crippen LogP contribution is -2.50. The number of carboxylic acid groups (broad SMARTS) is 1. The molecular formula is C14H19N3O4. The van der Waals surface area contributed by atoms with Gasteiger partial charge in [0, 0.05) is 25.5 Å². The van der Waals surface area contributed by atoms with Crippen LogP contribution in [0.2, 0.25) is 0 Å². The van der Waals surface area contributed by atoms with Gasteiger partial charge in [-0.25, -0.2) is 4.79 Å². The first kappa shape index (κ1) is 15.4. The van der Waals surface area contributed by atoms with Crippen molar-refractivity contribution in [1.29, 1.82) is 0 Å². The van der Waals surface area contributed by atoms with E-state index in [9.17, 15) is 9.59 Å². The molecule has 1 aromatic rings. The third-order valence-electron chi connectivity index (χ3n) is 3.30. The summed E-state index contributed by atoms with van der Waals surface area (Å²) >= 11 is 0. The van der Waals surface area contributed by atoms with Crippen LogP contribution in [-0.2, 0) is 20.9 Å². The number of likely N-dealkylation sites (N-methyl/N-ethyl adjacent to an activating group) is 1. The van der Waals surface area contributed by atoms with E-state index in [1.807, 2.05) is 24.1 Å². The lowest BCUT2D eigenvalue weighted by Gasteiger charge is -2.32. The van der Waals surface area contributed by atoms with Crippen molar-refractivity contribution in [2.45, 2.75) is 12.6 Å². The number of hydrogen-bond acceptors (Lipinski definition) is 5. The lowest BCUT2D eigenvalue weighted by atomic mass is 10.2. The number of hydrogen-bond donors (Lipinski definition) is 1. The Bertz CT molecular complexity index is 494. The van der Waals surface area contributed by atoms with Crippen molar-refractivity contribution in [3.63, 3.8) is 0 Å². The van der Waals surface area contributed by atoms with Gasteiger partial charge in [0.1, 0.15) is 0 Å². The Morgan fingerprint density at radius 3 is 2.86 bits per heavy atom. The van der Waals surface area contributed by atoms with Gasteiger partial charge in [0.25, 0.3) is 0 Å². The molecule has 1 saturated heterocycles. The molecule has 1 atom stereocenters. The Morgan fingerprint density at radius 2 is 2.19 bits per heavy atom. The van der Waals surface area contributed by atoms with Gasteiger partial charge < -0.3 is 14.7 Å². The molecule has 114 valence electrons. The van der Waals surface area contributed by atoms with Crippen molar-refractivity contribution >= 4 is 11.9 Å². The first-order valence-corrected chi connectivity index (χ1v) is 6.76. The van der Waals surface area contributed by atoms with Gasteiger partial charge in [-0.3, -0.25) is 14.7 Å². The largest absolute Gasteiger partial charge is 0.479 e. The quantitative estimate of drug-likeness (QED) is 0.811. The van der Waals surface area contributed by atoms with E-state index < -0.39 is 12.1 Å². The molecule has 0 spiro atoms. The van der Waals surface area contributed by atoms with Crippen LogP contribution in [0.15, 0.2) is 24.5 Å². The van der Waals surface area contributed by atoms with Gasteiger partial charge in [0.05, 0.1) is 19.7 Å². The maximum Gasteiger partial charge on any atom is 0.334 e. The second-order valence-electron chi connectivity index (χ2n) is 5.07. The summed E-state index contributed by atoms with van der Waals surface area (Å²) in [4.78, 5) is 30.5. The van der Waals surface area contributed by atoms with Gasteiger partial charge in [-0.05, 0) is 24.7 Å². The molecule has 1 N–H and O–H groups in total. The number of amides is 1. The Labute approximate surface area is 123 Å². The summed E-state index contributed by atoms with van der Waals surface area (Å²) in [6.07, 6.45) is 2.50. The molecule has 0 aliphatic carbocycles. The number of carbonyl (C=O) groups is 2. The Morgan fingerprint density at radius 1 is 1.48 bits per heavy atom. The van der Waals surface area contributed by atoms with E-state index in [-0.39, 0.29) is 25.6 Å². The highest BCUT2D eigenvalue weighted by molar-refractivity contribution is 5.80. The molecule has 1 aliphatic rings. The molecule has 2 heterocycles. The van der Waals surface area contributed by atoms with Gasteiger partial charge in [0.2, 0.25) is 5.91 Å². The van der Waals surface area contributed by atoms with Gasteiger partial charge in [-0.1, -0.05) is 0 Å². The number of nitrogens with zero attached hydrogens (tertiary/aromatic N) is 3. The van der Waals surface area contributed by atoms with Crippen LogP contribution in [0.25, 0.3) is 0 Å². The van der Waals surface area contributed by atoms with Gasteiger partial charge in [-0.2, -0.15) is 0 Å². The van der Waals surface area contributed by atoms with E-state index in [0.29, 0.717) is 13.1 Å². The molecule has 7 nitrogen and oxygen atoms in total. The Balaban J connectivity index is 1.84. The minimum absolute atomic E-state index is 0.0823. The number of carboxylic acids is 1. The monoisotopic (exact) mass is 293 g/mol. The zero-order chi connectivity index (χ0) is 15.2. The Kier molecular flexibility index (Phi) is 5.24. The maximum absolute atomic E-state index is 12.2. The molecule has 1 amide bonds. The topological polar surface area (TPSA) is 83.0 Å². The van der Waals surface area contributed by atoms with E-state index in [0.717, 1.165) is 5.56 Å². The molecule has 1 aliphatic heterocycles. The second-order valence-corrected chi connectivity index (χ2v) is 5.07. The van der Waals surface area contributed by atoms with Crippen LogP contribution < -0.4 is 0 Å². The summed E-state index contributed by atoms with van der Waals surface area (Å²) in [6, 6.07) is 3.80. The minimum atomic E-state index is -1.03. The summed E-state index contributed by atoms with van der Waals surface area (Å²) in [7, 11) is 1.85. The van der Waals surface area contributed by atoms with Crippen LogP contribution in [0.1, 0.15) is 5.56 Å². The molecule has 0 bridgehead atoms. The second kappa shape index (κ2) is 7.14. The normalized spacial score (nSPS) is 18.8. The minimum Gasteiger partial charge on any atom is -0.479 e. The molecular weight excluding hydrogens is 274 g/mol. The zero-order valence-electron chi connectivity index (χ0n) is 11.9. The summed E-state index contributed by atoms with van der Waals surface area (Å²) in [5.74, 6) is -1.11. The highest BCUT2D eigenvalue weighted by Crippen LogP contribution is 2.07. The predicted octanol–water partition coefficient (Wildman–Crippen LogP) is -0.175. The number of aliphatic carboxylic acids is 1. The summed E-state index contributed by atoms with van der Waals surface area (Å²) < 4.78 is 5.11. The molecule has 2 rings (SSSR count). The SMILES string of the molecule is CN(CC(=O)N1CCOC(C(=O)O)C1)Cc1ccncc1. The van der Waals surface area contributed by atoms with Crippen molar-refractivity contribution in [3.05, 3.63) is 30.1 Å². The average Bonchev–Trinajstić information content (AvgIpc) is 2.48. The van der Waals surface area contributed by atoms with E-state index in [1.54, 1.807) is 17.3 Å². The van der Waals surface area contributed by atoms with Crippen molar-refractivity contribution < 1.29 is 19.4 Å². The summed E-state index contributed by atoms with van der Waals surface area (Å²) in [5.41, 5.74) is 1.07. The number of ether oxygens (including phenoxy) is 1. The summed E-state index contributed by atoms with van der Waals surface area (Å²) in [6.45, 7) is 1.69. The smallest absolute Gasteiger partial charge is 0.334 e. The number of rotatable bonds is 5. The number of carbonyl (C=O) groups excluding carboxylic acids is 1. The van der Waals surface area contributed by atoms with Crippen LogP contribution in [0.3, 0.4) is 0 Å². The molecule has 1 unspecified atom stereocenters. The average molecular weight is 293 g/mol. The highest BCUT2D eigenvalue weighted by atomic mass is 16.5. The number of morpholine rings is 1. The highest BCUT2D eigenvalue weighted by Gasteiger charge is 2.29. The molecule has 1 aromatic heterocycles. The maximum atomic E-state index is 12.2. The van der Waals surface area contributed by atoms with Crippen molar-refractivity contribution in [2.75, 3.05) is 33.3 Å². The van der Waals surface area contributed by atoms with E-state index >= 15 is 0 Å². The fourth-order valence-electron chi connectivity index (χ4n) is 2.21. The third-order valence-corrected chi connectivity index (χ3v) is 3.30. The van der Waals surface area contributed by atoms with Crippen molar-refractivity contribution in [2.24, 2.45) is 0 Å². The van der Waals surface area contributed by atoms with Crippen LogP contribution >= 0.6 is 0 Å². The molecule has 21 heavy (non-hydrogen) atoms. The number of aromatic nitrogens is 1. The van der Waals surface area contributed by atoms with Crippen LogP contribution in [0.5, 0.6) is 0 Å². The molecule has 0 radical (unpaired) electrons. The predicted molar refractivity (Wildman–Crippen MR) is 74.5 cm³/mol. The molecule has 1 fully saturated rings. The van der Waals surface area contributed by atoms with Crippen LogP contribution in [-0.4, -0.2) is 71.2 Å². The van der Waals surface area contributed by atoms with Crippen molar-refractivity contribution in [1.82, 2.24) is 14.8 Å². The van der Waals surface area contributed by atoms with E-state index in [2.05, 4.69) is 4.98 Å². The lowest BCUT2D eigenvalue weighted by molar-refractivity contribution is -0.159.